The van der Waals surface area contributed by atoms with Gasteiger partial charge in [-0.15, -0.1) is 0 Å². The van der Waals surface area contributed by atoms with Crippen LogP contribution in [0.5, 0.6) is 0 Å². The second kappa shape index (κ2) is 4.35. The number of aliphatic hydroxyl groups is 1. The third-order valence-corrected chi connectivity index (χ3v) is 4.37. The Bertz CT molecular complexity index is 433. The average molecular weight is 282 g/mol. The molecule has 1 N–H and O–H groups in total. The Hall–Kier alpha value is -1.30. The van der Waals surface area contributed by atoms with Crippen LogP contribution in [0.2, 0.25) is 0 Å². The fraction of sp³-hybridized carbons (Fsp3) is 0.857. The number of hydrogen-bond acceptors (Lipinski definition) is 4. The van der Waals surface area contributed by atoms with E-state index in [-0.39, 0.29) is 18.0 Å². The molecule has 4 atom stereocenters. The number of hydrogen-bond donors (Lipinski definition) is 1. The van der Waals surface area contributed by atoms with E-state index in [0.717, 1.165) is 0 Å². The molecule has 0 aromatic carbocycles. The number of likely N-dealkylation sites (tertiary alicyclic amines) is 2. The first-order valence-electron chi connectivity index (χ1n) is 7.24. The van der Waals surface area contributed by atoms with E-state index in [1.165, 1.54) is 0 Å². The van der Waals surface area contributed by atoms with Gasteiger partial charge in [0.2, 0.25) is 0 Å². The van der Waals surface area contributed by atoms with Gasteiger partial charge in [-0.3, -0.25) is 4.79 Å². The molecule has 3 aliphatic rings. The second-order valence-corrected chi connectivity index (χ2v) is 7.04. The van der Waals surface area contributed by atoms with Crippen molar-refractivity contribution in [3.63, 3.8) is 0 Å². The monoisotopic (exact) mass is 282 g/mol. The molecular weight excluding hydrogens is 260 g/mol. The summed E-state index contributed by atoms with van der Waals surface area (Å²) in [5, 5.41) is 9.50. The highest BCUT2D eigenvalue weighted by Gasteiger charge is 2.61. The molecule has 1 aliphatic carbocycles. The first-order chi connectivity index (χ1) is 9.28. The van der Waals surface area contributed by atoms with E-state index < -0.39 is 11.7 Å². The third kappa shape index (κ3) is 2.26. The van der Waals surface area contributed by atoms with Gasteiger partial charge in [-0.1, -0.05) is 0 Å². The van der Waals surface area contributed by atoms with Crippen molar-refractivity contribution in [2.45, 2.75) is 44.9 Å². The Kier molecular flexibility index (Phi) is 2.97. The van der Waals surface area contributed by atoms with E-state index in [2.05, 4.69) is 0 Å². The molecule has 0 aromatic rings. The highest BCUT2D eigenvalue weighted by Crippen LogP contribution is 2.50. The van der Waals surface area contributed by atoms with Gasteiger partial charge in [0.25, 0.3) is 5.91 Å². The summed E-state index contributed by atoms with van der Waals surface area (Å²) in [6.45, 7) is 7.52. The number of carbonyl (C=O) groups excluding carboxylic acids is 2. The zero-order chi connectivity index (χ0) is 14.7. The highest BCUT2D eigenvalue weighted by atomic mass is 16.6. The zero-order valence-corrected chi connectivity index (χ0v) is 12.2. The van der Waals surface area contributed by atoms with Crippen LogP contribution in [0.1, 0.15) is 27.2 Å². The standard InChI is InChI=1S/C14H22N2O4/c1-14(2,3)20-13(19)15-6-8-9(7-15)11(8)16-5-4-10(17)12(16)18/h8-11,17H,4-7H2,1-3H3/t8-,9+,10-,11+/m1/s1. The lowest BCUT2D eigenvalue weighted by Gasteiger charge is -2.27. The Morgan fingerprint density at radius 1 is 1.30 bits per heavy atom. The normalized spacial score (nSPS) is 36.3. The Labute approximate surface area is 118 Å². The Balaban J connectivity index is 1.53. The summed E-state index contributed by atoms with van der Waals surface area (Å²) >= 11 is 0. The first kappa shape index (κ1) is 13.7. The molecule has 112 valence electrons. The molecule has 20 heavy (non-hydrogen) atoms. The molecule has 0 spiro atoms. The molecule has 3 rings (SSSR count). The van der Waals surface area contributed by atoms with Gasteiger partial charge in [-0.05, 0) is 27.2 Å². The average Bonchev–Trinajstić information content (AvgIpc) is 2.70. The minimum absolute atomic E-state index is 0.145. The zero-order valence-electron chi connectivity index (χ0n) is 12.2. The van der Waals surface area contributed by atoms with Gasteiger partial charge in [-0.2, -0.15) is 0 Å². The summed E-state index contributed by atoms with van der Waals surface area (Å²) in [4.78, 5) is 27.3. The predicted molar refractivity (Wildman–Crippen MR) is 70.9 cm³/mol. The van der Waals surface area contributed by atoms with Gasteiger partial charge < -0.3 is 19.6 Å². The van der Waals surface area contributed by atoms with E-state index in [9.17, 15) is 14.7 Å². The van der Waals surface area contributed by atoms with Crippen LogP contribution in [0.15, 0.2) is 0 Å². The molecule has 2 amide bonds. The number of fused-ring (bicyclic) bond motifs is 1. The van der Waals surface area contributed by atoms with E-state index in [0.29, 0.717) is 37.9 Å². The SMILES string of the molecule is CC(C)(C)OC(=O)N1C[C@@H]2[C@H](C1)[C@H]2N1CC[C@@H](O)C1=O. The molecule has 0 unspecified atom stereocenters. The summed E-state index contributed by atoms with van der Waals surface area (Å²) in [6.07, 6.45) is -0.556. The number of piperidine rings is 1. The maximum absolute atomic E-state index is 12.0. The quantitative estimate of drug-likeness (QED) is 0.758. The van der Waals surface area contributed by atoms with Crippen molar-refractivity contribution in [1.29, 1.82) is 0 Å². The number of aliphatic hydroxyl groups excluding tert-OH is 1. The minimum atomic E-state index is -0.821. The van der Waals surface area contributed by atoms with Gasteiger partial charge >= 0.3 is 6.09 Å². The Morgan fingerprint density at radius 2 is 1.90 bits per heavy atom. The van der Waals surface area contributed by atoms with E-state index in [1.54, 1.807) is 9.80 Å². The van der Waals surface area contributed by atoms with Gasteiger partial charge in [-0.25, -0.2) is 4.79 Å². The van der Waals surface area contributed by atoms with Crippen LogP contribution in [0.25, 0.3) is 0 Å². The topological polar surface area (TPSA) is 70.1 Å². The highest BCUT2D eigenvalue weighted by molar-refractivity contribution is 5.83. The number of carbonyl (C=O) groups is 2. The molecule has 0 aromatic heterocycles. The largest absolute Gasteiger partial charge is 0.444 e. The van der Waals surface area contributed by atoms with E-state index in [4.69, 9.17) is 4.74 Å². The molecular formula is C14H22N2O4. The molecule has 6 heteroatoms. The maximum atomic E-state index is 12.0. The summed E-state index contributed by atoms with van der Waals surface area (Å²) in [7, 11) is 0. The molecule has 6 nitrogen and oxygen atoms in total. The summed E-state index contributed by atoms with van der Waals surface area (Å²) < 4.78 is 5.36. The molecule has 2 saturated heterocycles. The number of amides is 2. The van der Waals surface area contributed by atoms with E-state index in [1.807, 2.05) is 20.8 Å². The second-order valence-electron chi connectivity index (χ2n) is 7.04. The first-order valence-corrected chi connectivity index (χ1v) is 7.24. The van der Waals surface area contributed by atoms with E-state index >= 15 is 0 Å². The van der Waals surface area contributed by atoms with Gasteiger partial charge in [0.05, 0.1) is 0 Å². The summed E-state index contributed by atoms with van der Waals surface area (Å²) in [5.41, 5.74) is -0.474. The van der Waals surface area contributed by atoms with Crippen LogP contribution in [0.3, 0.4) is 0 Å². The maximum Gasteiger partial charge on any atom is 0.410 e. The predicted octanol–water partition coefficient (Wildman–Crippen LogP) is 0.445. The lowest BCUT2D eigenvalue weighted by atomic mass is 10.2. The summed E-state index contributed by atoms with van der Waals surface area (Å²) in [6, 6.07) is 0.221. The number of nitrogens with zero attached hydrogens (tertiary/aromatic N) is 2. The fourth-order valence-corrected chi connectivity index (χ4v) is 3.42. The van der Waals surface area contributed by atoms with Gasteiger partial charge in [0, 0.05) is 37.5 Å². The fourth-order valence-electron chi connectivity index (χ4n) is 3.42. The van der Waals surface area contributed by atoms with Crippen LogP contribution >= 0.6 is 0 Å². The van der Waals surface area contributed by atoms with Crippen molar-refractivity contribution >= 4 is 12.0 Å². The van der Waals surface area contributed by atoms with Crippen molar-refractivity contribution in [3.05, 3.63) is 0 Å². The van der Waals surface area contributed by atoms with Crippen molar-refractivity contribution < 1.29 is 19.4 Å². The summed E-state index contributed by atoms with van der Waals surface area (Å²) in [5.74, 6) is 0.571. The van der Waals surface area contributed by atoms with Crippen LogP contribution in [0, 0.1) is 11.8 Å². The number of rotatable bonds is 1. The lowest BCUT2D eigenvalue weighted by molar-refractivity contribution is -0.135. The molecule has 2 heterocycles. The number of ether oxygens (including phenoxy) is 1. The molecule has 0 radical (unpaired) electrons. The molecule has 3 fully saturated rings. The van der Waals surface area contributed by atoms with Crippen molar-refractivity contribution in [1.82, 2.24) is 9.80 Å². The minimum Gasteiger partial charge on any atom is -0.444 e. The smallest absolute Gasteiger partial charge is 0.410 e. The van der Waals surface area contributed by atoms with Gasteiger partial charge in [0.1, 0.15) is 11.7 Å². The van der Waals surface area contributed by atoms with Crippen LogP contribution < -0.4 is 0 Å². The van der Waals surface area contributed by atoms with Gasteiger partial charge in [0.15, 0.2) is 0 Å². The molecule has 2 aliphatic heterocycles. The van der Waals surface area contributed by atoms with Crippen LogP contribution in [0.4, 0.5) is 4.79 Å². The third-order valence-electron chi connectivity index (χ3n) is 4.37. The molecule has 0 bridgehead atoms. The molecule has 1 saturated carbocycles. The Morgan fingerprint density at radius 3 is 2.35 bits per heavy atom. The van der Waals surface area contributed by atoms with Crippen LogP contribution in [-0.2, 0) is 9.53 Å². The van der Waals surface area contributed by atoms with Crippen molar-refractivity contribution in [2.75, 3.05) is 19.6 Å². The van der Waals surface area contributed by atoms with Crippen LogP contribution in [-0.4, -0.2) is 64.3 Å². The van der Waals surface area contributed by atoms with Crippen molar-refractivity contribution in [2.24, 2.45) is 11.8 Å². The van der Waals surface area contributed by atoms with Crippen molar-refractivity contribution in [3.8, 4) is 0 Å². The lowest BCUT2D eigenvalue weighted by Crippen LogP contribution is -2.41.